The van der Waals surface area contributed by atoms with E-state index in [0.29, 0.717) is 0 Å². The highest BCUT2D eigenvalue weighted by Gasteiger charge is 2.48. The molecule has 0 radical (unpaired) electrons. The molecule has 0 saturated carbocycles. The molecule has 0 amide bonds. The summed E-state index contributed by atoms with van der Waals surface area (Å²) in [6, 6.07) is 0. The molecule has 2 heteroatoms. The van der Waals surface area contributed by atoms with Crippen LogP contribution in [0, 0.1) is 10.8 Å². The predicted molar refractivity (Wildman–Crippen MR) is 87.3 cm³/mol. The van der Waals surface area contributed by atoms with Gasteiger partial charge in [-0.1, -0.05) is 37.1 Å². The summed E-state index contributed by atoms with van der Waals surface area (Å²) in [5.41, 5.74) is 5.85. The van der Waals surface area contributed by atoms with Crippen molar-refractivity contribution >= 4 is 5.78 Å². The Morgan fingerprint density at radius 3 is 2.91 bits per heavy atom. The average molecular weight is 296 g/mol. The molecule has 0 unspecified atom stereocenters. The second-order valence-electron chi connectivity index (χ2n) is 7.60. The van der Waals surface area contributed by atoms with E-state index < -0.39 is 0 Å². The minimum atomic E-state index is -0.287. The summed E-state index contributed by atoms with van der Waals surface area (Å²) in [6.45, 7) is 4.54. The number of fused-ring (bicyclic) bond motifs is 4. The summed E-state index contributed by atoms with van der Waals surface area (Å²) >= 11 is 0. The van der Waals surface area contributed by atoms with Crippen LogP contribution < -0.4 is 0 Å². The topological polar surface area (TPSA) is 37.3 Å². The lowest BCUT2D eigenvalue weighted by atomic mass is 9.56. The van der Waals surface area contributed by atoms with E-state index in [4.69, 9.17) is 0 Å². The van der Waals surface area contributed by atoms with Crippen LogP contribution in [0.2, 0.25) is 0 Å². The van der Waals surface area contributed by atoms with Gasteiger partial charge < -0.3 is 5.11 Å². The Bertz CT molecular complexity index is 676. The first kappa shape index (κ1) is 14.2. The van der Waals surface area contributed by atoms with Crippen LogP contribution in [0.1, 0.15) is 52.4 Å². The SMILES string of the molecule is CC[C@@]12C=CC(=O)C=C1CCC1=C2CC[C@]2(C)C[C@H](O)C=C12. The highest BCUT2D eigenvalue weighted by atomic mass is 16.3. The monoisotopic (exact) mass is 296 g/mol. The maximum Gasteiger partial charge on any atom is 0.178 e. The van der Waals surface area contributed by atoms with Crippen molar-refractivity contribution in [2.24, 2.45) is 10.8 Å². The van der Waals surface area contributed by atoms with E-state index in [1.165, 1.54) is 22.3 Å². The van der Waals surface area contributed by atoms with Gasteiger partial charge in [-0.05, 0) is 67.2 Å². The fourth-order valence-electron chi connectivity index (χ4n) is 5.31. The highest BCUT2D eigenvalue weighted by molar-refractivity contribution is 6.01. The summed E-state index contributed by atoms with van der Waals surface area (Å²) < 4.78 is 0. The molecule has 22 heavy (non-hydrogen) atoms. The molecule has 0 bridgehead atoms. The molecular weight excluding hydrogens is 272 g/mol. The molecule has 0 fully saturated rings. The molecular formula is C20H24O2. The Hall–Kier alpha value is -1.41. The maximum atomic E-state index is 11.8. The van der Waals surface area contributed by atoms with Gasteiger partial charge in [0.05, 0.1) is 6.10 Å². The molecule has 1 N–H and O–H groups in total. The number of aliphatic hydroxyl groups excluding tert-OH is 1. The van der Waals surface area contributed by atoms with Crippen LogP contribution in [-0.4, -0.2) is 17.0 Å². The van der Waals surface area contributed by atoms with E-state index in [9.17, 15) is 9.90 Å². The lowest BCUT2D eigenvalue weighted by molar-refractivity contribution is -0.110. The van der Waals surface area contributed by atoms with E-state index in [1.807, 2.05) is 6.08 Å². The Kier molecular flexibility index (Phi) is 2.93. The zero-order chi connectivity index (χ0) is 15.5. The number of carbonyl (C=O) groups excluding carboxylic acids is 1. The van der Waals surface area contributed by atoms with E-state index in [0.717, 1.165) is 38.5 Å². The molecule has 116 valence electrons. The lowest BCUT2D eigenvalue weighted by Crippen LogP contribution is -2.35. The van der Waals surface area contributed by atoms with Gasteiger partial charge in [0.15, 0.2) is 5.78 Å². The molecule has 0 spiro atoms. The van der Waals surface area contributed by atoms with Crippen LogP contribution in [0.25, 0.3) is 0 Å². The van der Waals surface area contributed by atoms with E-state index >= 15 is 0 Å². The second-order valence-corrected chi connectivity index (χ2v) is 7.60. The number of ketones is 1. The van der Waals surface area contributed by atoms with Gasteiger partial charge in [0.25, 0.3) is 0 Å². The van der Waals surface area contributed by atoms with Gasteiger partial charge in [-0.2, -0.15) is 0 Å². The molecule has 0 saturated heterocycles. The fraction of sp³-hybridized carbons (Fsp3) is 0.550. The van der Waals surface area contributed by atoms with E-state index in [1.54, 1.807) is 6.08 Å². The van der Waals surface area contributed by atoms with E-state index in [2.05, 4.69) is 26.0 Å². The quantitative estimate of drug-likeness (QED) is 0.793. The number of rotatable bonds is 1. The van der Waals surface area contributed by atoms with Crippen molar-refractivity contribution in [3.05, 3.63) is 46.6 Å². The molecule has 4 aliphatic carbocycles. The van der Waals surface area contributed by atoms with Crippen molar-refractivity contribution in [2.45, 2.75) is 58.5 Å². The first-order chi connectivity index (χ1) is 10.5. The fourth-order valence-corrected chi connectivity index (χ4v) is 5.31. The van der Waals surface area contributed by atoms with Crippen molar-refractivity contribution in [2.75, 3.05) is 0 Å². The van der Waals surface area contributed by atoms with E-state index in [-0.39, 0.29) is 22.7 Å². The van der Waals surface area contributed by atoms with Crippen molar-refractivity contribution < 1.29 is 9.90 Å². The molecule has 2 nitrogen and oxygen atoms in total. The maximum absolute atomic E-state index is 11.8. The summed E-state index contributed by atoms with van der Waals surface area (Å²) in [6.07, 6.45) is 13.7. The van der Waals surface area contributed by atoms with Gasteiger partial charge in [0.2, 0.25) is 0 Å². The Labute approximate surface area is 132 Å². The number of hydrogen-bond donors (Lipinski definition) is 1. The van der Waals surface area contributed by atoms with Crippen molar-refractivity contribution in [1.82, 2.24) is 0 Å². The van der Waals surface area contributed by atoms with Crippen LogP contribution in [0.4, 0.5) is 0 Å². The number of aliphatic hydroxyl groups is 1. The third-order valence-corrected chi connectivity index (χ3v) is 6.45. The minimum absolute atomic E-state index is 0.0305. The van der Waals surface area contributed by atoms with Crippen LogP contribution in [0.15, 0.2) is 46.6 Å². The molecule has 0 aliphatic heterocycles. The third-order valence-electron chi connectivity index (χ3n) is 6.45. The lowest BCUT2D eigenvalue weighted by Gasteiger charge is -2.48. The summed E-state index contributed by atoms with van der Waals surface area (Å²) in [7, 11) is 0. The van der Waals surface area contributed by atoms with Gasteiger partial charge in [-0.15, -0.1) is 0 Å². The zero-order valence-corrected chi connectivity index (χ0v) is 13.5. The number of hydrogen-bond acceptors (Lipinski definition) is 2. The standard InChI is InChI=1S/C20H24O2/c1-3-20-9-6-14(21)10-13(20)4-5-16-17(20)7-8-19(2)12-15(22)11-18(16)19/h6,9-11,15,22H,3-5,7-8,12H2,1-2H3/t15-,19-,20-/m1/s1. The molecule has 4 rings (SSSR count). The first-order valence-electron chi connectivity index (χ1n) is 8.56. The Morgan fingerprint density at radius 1 is 1.32 bits per heavy atom. The van der Waals surface area contributed by atoms with Gasteiger partial charge in [-0.25, -0.2) is 0 Å². The molecule has 0 aromatic heterocycles. The highest BCUT2D eigenvalue weighted by Crippen LogP contribution is 2.60. The smallest absolute Gasteiger partial charge is 0.178 e. The molecule has 0 aromatic carbocycles. The Balaban J connectivity index is 1.89. The van der Waals surface area contributed by atoms with Gasteiger partial charge >= 0.3 is 0 Å². The van der Waals surface area contributed by atoms with Crippen LogP contribution in [-0.2, 0) is 4.79 Å². The van der Waals surface area contributed by atoms with Crippen molar-refractivity contribution in [1.29, 1.82) is 0 Å². The largest absolute Gasteiger partial charge is 0.389 e. The number of allylic oxidation sites excluding steroid dienone is 7. The summed E-state index contributed by atoms with van der Waals surface area (Å²) in [5, 5.41) is 10.1. The summed E-state index contributed by atoms with van der Waals surface area (Å²) in [4.78, 5) is 11.8. The zero-order valence-electron chi connectivity index (χ0n) is 13.5. The normalized spacial score (nSPS) is 40.0. The van der Waals surface area contributed by atoms with Crippen LogP contribution >= 0.6 is 0 Å². The molecule has 4 aliphatic rings. The third kappa shape index (κ3) is 1.73. The molecule has 0 heterocycles. The van der Waals surface area contributed by atoms with Crippen molar-refractivity contribution in [3.63, 3.8) is 0 Å². The second kappa shape index (κ2) is 4.55. The molecule has 0 aromatic rings. The first-order valence-corrected chi connectivity index (χ1v) is 8.56. The average Bonchev–Trinajstić information content (AvgIpc) is 2.81. The van der Waals surface area contributed by atoms with Gasteiger partial charge in [0, 0.05) is 5.41 Å². The predicted octanol–water partition coefficient (Wildman–Crippen LogP) is 4.03. The van der Waals surface area contributed by atoms with Crippen molar-refractivity contribution in [3.8, 4) is 0 Å². The van der Waals surface area contributed by atoms with Gasteiger partial charge in [-0.3, -0.25) is 4.79 Å². The summed E-state index contributed by atoms with van der Waals surface area (Å²) in [5.74, 6) is 0.138. The molecule has 3 atom stereocenters. The number of carbonyl (C=O) groups is 1. The van der Waals surface area contributed by atoms with Crippen LogP contribution in [0.5, 0.6) is 0 Å². The van der Waals surface area contributed by atoms with Gasteiger partial charge in [0.1, 0.15) is 0 Å². The Morgan fingerprint density at radius 2 is 2.14 bits per heavy atom. The van der Waals surface area contributed by atoms with Crippen LogP contribution in [0.3, 0.4) is 0 Å². The minimum Gasteiger partial charge on any atom is -0.389 e.